The molecule has 4 nitrogen and oxygen atoms in total. The van der Waals surface area contributed by atoms with E-state index >= 15 is 0 Å². The summed E-state index contributed by atoms with van der Waals surface area (Å²) in [5, 5.41) is 4.04. The van der Waals surface area contributed by atoms with Gasteiger partial charge in [0.1, 0.15) is 5.82 Å². The Morgan fingerprint density at radius 3 is 3.10 bits per heavy atom. The summed E-state index contributed by atoms with van der Waals surface area (Å²) in [5.74, 6) is 1.84. The van der Waals surface area contributed by atoms with Crippen molar-refractivity contribution in [2.24, 2.45) is 0 Å². The van der Waals surface area contributed by atoms with E-state index in [4.69, 9.17) is 4.52 Å². The fourth-order valence-electron chi connectivity index (χ4n) is 2.81. The molecule has 2 aromatic rings. The number of rotatable bonds is 3. The Morgan fingerprint density at radius 2 is 2.25 bits per heavy atom. The highest BCUT2D eigenvalue weighted by Gasteiger charge is 2.29. The summed E-state index contributed by atoms with van der Waals surface area (Å²) in [4.78, 5) is 6.66. The van der Waals surface area contributed by atoms with Crippen LogP contribution in [0.1, 0.15) is 42.5 Å². The molecule has 1 aliphatic heterocycles. The van der Waals surface area contributed by atoms with Gasteiger partial charge in [-0.1, -0.05) is 5.16 Å². The normalized spacial score (nSPS) is 18.1. The van der Waals surface area contributed by atoms with E-state index in [1.165, 1.54) is 18.9 Å². The molecule has 1 aromatic heterocycles. The molecule has 2 heterocycles. The molecule has 104 valence electrons. The Hall–Kier alpha value is -1.91. The molecule has 1 aliphatic carbocycles. The fraction of sp³-hybridized carbons (Fsp3) is 0.467. The number of benzene rings is 1. The van der Waals surface area contributed by atoms with Crippen LogP contribution in [0.25, 0.3) is 0 Å². The van der Waals surface area contributed by atoms with E-state index in [1.807, 2.05) is 6.07 Å². The average molecular weight is 273 g/mol. The van der Waals surface area contributed by atoms with Gasteiger partial charge >= 0.3 is 0 Å². The first-order valence-corrected chi connectivity index (χ1v) is 7.15. The van der Waals surface area contributed by atoms with E-state index < -0.39 is 0 Å². The molecule has 0 unspecified atom stereocenters. The second-order valence-corrected chi connectivity index (χ2v) is 5.62. The quantitative estimate of drug-likeness (QED) is 0.862. The van der Waals surface area contributed by atoms with Gasteiger partial charge in [-0.05, 0) is 49.4 Å². The molecule has 0 spiro atoms. The van der Waals surface area contributed by atoms with Gasteiger partial charge in [-0.3, -0.25) is 0 Å². The molecular formula is C15H16FN3O. The second-order valence-electron chi connectivity index (χ2n) is 5.62. The summed E-state index contributed by atoms with van der Waals surface area (Å²) in [7, 11) is 0. The molecule has 1 aromatic carbocycles. The molecule has 4 rings (SSSR count). The predicted molar refractivity (Wildman–Crippen MR) is 72.0 cm³/mol. The molecule has 0 atom stereocenters. The monoisotopic (exact) mass is 273 g/mol. The summed E-state index contributed by atoms with van der Waals surface area (Å²) in [6.45, 7) is 1.55. The van der Waals surface area contributed by atoms with Crippen LogP contribution in [0.2, 0.25) is 0 Å². The standard InChI is InChI=1S/C15H16FN3O/c16-12-5-6-13-11(8-12)2-1-7-19(13)9-14-17-15(18-20-14)10-3-4-10/h5-6,8,10H,1-4,7,9H2. The minimum Gasteiger partial charge on any atom is -0.362 e. The summed E-state index contributed by atoms with van der Waals surface area (Å²) >= 11 is 0. The first-order chi connectivity index (χ1) is 9.79. The van der Waals surface area contributed by atoms with Gasteiger partial charge in [0.15, 0.2) is 5.82 Å². The Bertz CT molecular complexity index is 636. The Morgan fingerprint density at radius 1 is 1.35 bits per heavy atom. The van der Waals surface area contributed by atoms with E-state index in [1.54, 1.807) is 6.07 Å². The van der Waals surface area contributed by atoms with Crippen molar-refractivity contribution in [3.63, 3.8) is 0 Å². The highest BCUT2D eigenvalue weighted by Crippen LogP contribution is 2.38. The van der Waals surface area contributed by atoms with Crippen molar-refractivity contribution in [2.45, 2.75) is 38.1 Å². The van der Waals surface area contributed by atoms with Crippen LogP contribution in [0.4, 0.5) is 10.1 Å². The van der Waals surface area contributed by atoms with Crippen molar-refractivity contribution in [1.29, 1.82) is 0 Å². The maximum atomic E-state index is 13.3. The third kappa shape index (κ3) is 2.17. The lowest BCUT2D eigenvalue weighted by Gasteiger charge is -2.30. The minimum atomic E-state index is -0.167. The zero-order valence-corrected chi connectivity index (χ0v) is 11.2. The van der Waals surface area contributed by atoms with E-state index in [2.05, 4.69) is 15.0 Å². The van der Waals surface area contributed by atoms with Gasteiger partial charge in [0.2, 0.25) is 5.89 Å². The van der Waals surface area contributed by atoms with Crippen LogP contribution in [-0.2, 0) is 13.0 Å². The topological polar surface area (TPSA) is 42.2 Å². The molecule has 20 heavy (non-hydrogen) atoms. The Balaban J connectivity index is 1.56. The number of anilines is 1. The minimum absolute atomic E-state index is 0.167. The van der Waals surface area contributed by atoms with Crippen molar-refractivity contribution in [2.75, 3.05) is 11.4 Å². The molecular weight excluding hydrogens is 257 g/mol. The molecule has 1 fully saturated rings. The van der Waals surface area contributed by atoms with Crippen LogP contribution >= 0.6 is 0 Å². The molecule has 5 heteroatoms. The number of hydrogen-bond donors (Lipinski definition) is 0. The summed E-state index contributed by atoms with van der Waals surface area (Å²) in [6.07, 6.45) is 4.30. The van der Waals surface area contributed by atoms with Crippen LogP contribution in [-0.4, -0.2) is 16.7 Å². The fourth-order valence-corrected chi connectivity index (χ4v) is 2.81. The summed E-state index contributed by atoms with van der Waals surface area (Å²) < 4.78 is 18.6. The van der Waals surface area contributed by atoms with Crippen molar-refractivity contribution in [3.05, 3.63) is 41.3 Å². The number of aryl methyl sites for hydroxylation is 1. The highest BCUT2D eigenvalue weighted by atomic mass is 19.1. The van der Waals surface area contributed by atoms with Gasteiger partial charge in [0.05, 0.1) is 6.54 Å². The maximum Gasteiger partial charge on any atom is 0.246 e. The van der Waals surface area contributed by atoms with E-state index in [9.17, 15) is 4.39 Å². The maximum absolute atomic E-state index is 13.3. The lowest BCUT2D eigenvalue weighted by atomic mass is 10.0. The van der Waals surface area contributed by atoms with Crippen LogP contribution in [0.15, 0.2) is 22.7 Å². The number of fused-ring (bicyclic) bond motifs is 1. The Kier molecular flexibility index (Phi) is 2.72. The summed E-state index contributed by atoms with van der Waals surface area (Å²) in [5.41, 5.74) is 2.15. The van der Waals surface area contributed by atoms with E-state index in [0.29, 0.717) is 18.4 Å². The van der Waals surface area contributed by atoms with Gasteiger partial charge in [-0.2, -0.15) is 4.98 Å². The van der Waals surface area contributed by atoms with Crippen LogP contribution in [0.5, 0.6) is 0 Å². The van der Waals surface area contributed by atoms with E-state index in [-0.39, 0.29) is 5.82 Å². The zero-order chi connectivity index (χ0) is 13.5. The highest BCUT2D eigenvalue weighted by molar-refractivity contribution is 5.55. The predicted octanol–water partition coefficient (Wildman–Crippen LogP) is 3.04. The smallest absolute Gasteiger partial charge is 0.246 e. The number of nitrogens with zero attached hydrogens (tertiary/aromatic N) is 3. The van der Waals surface area contributed by atoms with Gasteiger partial charge in [0.25, 0.3) is 0 Å². The molecule has 0 N–H and O–H groups in total. The van der Waals surface area contributed by atoms with Crippen LogP contribution < -0.4 is 4.90 Å². The average Bonchev–Trinajstić information content (AvgIpc) is 3.19. The third-order valence-corrected chi connectivity index (χ3v) is 4.01. The van der Waals surface area contributed by atoms with Crippen LogP contribution in [0.3, 0.4) is 0 Å². The molecule has 0 bridgehead atoms. The van der Waals surface area contributed by atoms with Crippen molar-refractivity contribution in [1.82, 2.24) is 10.1 Å². The largest absolute Gasteiger partial charge is 0.362 e. The van der Waals surface area contributed by atoms with Crippen molar-refractivity contribution >= 4 is 5.69 Å². The zero-order valence-electron chi connectivity index (χ0n) is 11.2. The lowest BCUT2D eigenvalue weighted by Crippen LogP contribution is -2.29. The molecule has 0 radical (unpaired) electrons. The SMILES string of the molecule is Fc1ccc2c(c1)CCCN2Cc1nc(C2CC2)no1. The molecule has 1 saturated carbocycles. The number of halogens is 1. The first-order valence-electron chi connectivity index (χ1n) is 7.15. The van der Waals surface area contributed by atoms with Crippen molar-refractivity contribution < 1.29 is 8.91 Å². The first kappa shape index (κ1) is 11.9. The van der Waals surface area contributed by atoms with Crippen LogP contribution in [0, 0.1) is 5.82 Å². The molecule has 0 saturated heterocycles. The van der Waals surface area contributed by atoms with Gasteiger partial charge in [-0.25, -0.2) is 4.39 Å². The van der Waals surface area contributed by atoms with Gasteiger partial charge < -0.3 is 9.42 Å². The van der Waals surface area contributed by atoms with Gasteiger partial charge in [-0.15, -0.1) is 0 Å². The van der Waals surface area contributed by atoms with Crippen molar-refractivity contribution in [3.8, 4) is 0 Å². The summed E-state index contributed by atoms with van der Waals surface area (Å²) in [6, 6.07) is 4.99. The second kappa shape index (κ2) is 4.58. The lowest BCUT2D eigenvalue weighted by molar-refractivity contribution is 0.370. The molecule has 2 aliphatic rings. The van der Waals surface area contributed by atoms with E-state index in [0.717, 1.165) is 36.5 Å². The molecule has 0 amide bonds. The number of hydrogen-bond acceptors (Lipinski definition) is 4. The van der Waals surface area contributed by atoms with Gasteiger partial charge in [0, 0.05) is 18.2 Å². The Labute approximate surface area is 116 Å². The number of aromatic nitrogens is 2. The third-order valence-electron chi connectivity index (χ3n) is 4.01.